The molecule has 0 aromatic carbocycles. The van der Waals surface area contributed by atoms with Gasteiger partial charge in [-0.2, -0.15) is 9.61 Å². The topological polar surface area (TPSA) is 110 Å². The number of fused-ring (bicyclic) bond motifs is 1. The molecule has 1 aliphatic heterocycles. The van der Waals surface area contributed by atoms with Crippen LogP contribution in [0.25, 0.3) is 5.65 Å². The zero-order valence-electron chi connectivity index (χ0n) is 16.4. The van der Waals surface area contributed by atoms with Gasteiger partial charge in [-0.1, -0.05) is 20.8 Å². The second-order valence-electron chi connectivity index (χ2n) is 8.21. The maximum Gasteiger partial charge on any atom is 0.243 e. The molecule has 28 heavy (non-hydrogen) atoms. The SMILES string of the molecule is Cn1cc(S(=O)(=O)NCC2CN(c3ccc4nnc(C(C)(C)C)n4n3)C2)cn1. The Morgan fingerprint density at radius 3 is 2.61 bits per heavy atom. The van der Waals surface area contributed by atoms with Crippen molar-refractivity contribution in [3.8, 4) is 0 Å². The molecule has 1 saturated heterocycles. The first-order valence-corrected chi connectivity index (χ1v) is 10.6. The van der Waals surface area contributed by atoms with Crippen LogP contribution in [0, 0.1) is 5.92 Å². The summed E-state index contributed by atoms with van der Waals surface area (Å²) in [7, 11) is -1.84. The predicted octanol–water partition coefficient (Wildman–Crippen LogP) is 0.570. The van der Waals surface area contributed by atoms with Gasteiger partial charge in [-0.05, 0) is 12.1 Å². The molecule has 0 bridgehead atoms. The monoisotopic (exact) mass is 404 g/mol. The molecule has 0 spiro atoms. The average Bonchev–Trinajstić information content (AvgIpc) is 3.19. The molecule has 4 rings (SSSR count). The minimum Gasteiger partial charge on any atom is -0.354 e. The van der Waals surface area contributed by atoms with Gasteiger partial charge in [-0.3, -0.25) is 4.68 Å². The van der Waals surface area contributed by atoms with Crippen molar-refractivity contribution >= 4 is 21.5 Å². The summed E-state index contributed by atoms with van der Waals surface area (Å²) in [4.78, 5) is 2.30. The molecular formula is C17H24N8O2S. The van der Waals surface area contributed by atoms with E-state index >= 15 is 0 Å². The Morgan fingerprint density at radius 1 is 1.21 bits per heavy atom. The maximum absolute atomic E-state index is 12.3. The molecule has 0 aliphatic carbocycles. The minimum atomic E-state index is -3.52. The summed E-state index contributed by atoms with van der Waals surface area (Å²) in [6.07, 6.45) is 2.83. The minimum absolute atomic E-state index is 0.160. The van der Waals surface area contributed by atoms with E-state index in [2.05, 4.69) is 50.8 Å². The highest BCUT2D eigenvalue weighted by atomic mass is 32.2. The fourth-order valence-electron chi connectivity index (χ4n) is 3.15. The number of rotatable bonds is 5. The van der Waals surface area contributed by atoms with Crippen molar-refractivity contribution in [2.75, 3.05) is 24.5 Å². The molecule has 1 N–H and O–H groups in total. The highest BCUT2D eigenvalue weighted by Gasteiger charge is 2.30. The summed E-state index contributed by atoms with van der Waals surface area (Å²) in [5, 5.41) is 17.0. The average molecular weight is 405 g/mol. The van der Waals surface area contributed by atoms with Crippen LogP contribution in [-0.2, 0) is 22.5 Å². The number of hydrogen-bond donors (Lipinski definition) is 1. The van der Waals surface area contributed by atoms with Crippen molar-refractivity contribution in [2.45, 2.75) is 31.1 Å². The Labute approximate surface area is 163 Å². The summed E-state index contributed by atoms with van der Waals surface area (Å²) in [6.45, 7) is 8.08. The highest BCUT2D eigenvalue weighted by molar-refractivity contribution is 7.89. The van der Waals surface area contributed by atoms with Gasteiger partial charge in [0, 0.05) is 44.2 Å². The maximum atomic E-state index is 12.3. The van der Waals surface area contributed by atoms with Gasteiger partial charge in [0.2, 0.25) is 10.0 Å². The molecular weight excluding hydrogens is 380 g/mol. The lowest BCUT2D eigenvalue weighted by molar-refractivity contribution is 0.401. The lowest BCUT2D eigenvalue weighted by Crippen LogP contribution is -2.52. The van der Waals surface area contributed by atoms with Crippen LogP contribution in [0.15, 0.2) is 29.4 Å². The molecule has 0 unspecified atom stereocenters. The van der Waals surface area contributed by atoms with E-state index in [0.717, 1.165) is 30.4 Å². The van der Waals surface area contributed by atoms with Crippen molar-refractivity contribution in [3.05, 3.63) is 30.4 Å². The van der Waals surface area contributed by atoms with E-state index in [1.54, 1.807) is 11.6 Å². The van der Waals surface area contributed by atoms with Gasteiger partial charge in [0.1, 0.15) is 10.7 Å². The van der Waals surface area contributed by atoms with Gasteiger partial charge < -0.3 is 4.90 Å². The number of anilines is 1. The number of sulfonamides is 1. The summed E-state index contributed by atoms with van der Waals surface area (Å²) in [5.41, 5.74) is 0.558. The Hall–Kier alpha value is -2.53. The first-order chi connectivity index (χ1) is 13.1. The Balaban J connectivity index is 1.40. The fourth-order valence-corrected chi connectivity index (χ4v) is 4.25. The van der Waals surface area contributed by atoms with E-state index in [1.165, 1.54) is 17.1 Å². The highest BCUT2D eigenvalue weighted by Crippen LogP contribution is 2.25. The number of hydrogen-bond acceptors (Lipinski definition) is 7. The lowest BCUT2D eigenvalue weighted by Gasteiger charge is -2.40. The third-order valence-corrected chi connectivity index (χ3v) is 6.13. The van der Waals surface area contributed by atoms with E-state index in [9.17, 15) is 8.42 Å². The number of aryl methyl sites for hydroxylation is 1. The number of nitrogens with zero attached hydrogens (tertiary/aromatic N) is 7. The van der Waals surface area contributed by atoms with Crippen molar-refractivity contribution in [1.29, 1.82) is 0 Å². The van der Waals surface area contributed by atoms with Crippen molar-refractivity contribution in [3.63, 3.8) is 0 Å². The smallest absolute Gasteiger partial charge is 0.243 e. The molecule has 150 valence electrons. The van der Waals surface area contributed by atoms with Crippen LogP contribution in [0.4, 0.5) is 5.82 Å². The normalized spacial score (nSPS) is 15.9. The predicted molar refractivity (Wildman–Crippen MR) is 104 cm³/mol. The van der Waals surface area contributed by atoms with Crippen LogP contribution in [-0.4, -0.2) is 57.6 Å². The molecule has 3 aromatic rings. The third-order valence-electron chi connectivity index (χ3n) is 4.75. The van der Waals surface area contributed by atoms with Gasteiger partial charge in [-0.15, -0.1) is 15.3 Å². The Kier molecular flexibility index (Phi) is 4.38. The zero-order valence-corrected chi connectivity index (χ0v) is 17.2. The van der Waals surface area contributed by atoms with Crippen molar-refractivity contribution in [1.82, 2.24) is 34.3 Å². The summed E-state index contributed by atoms with van der Waals surface area (Å²) in [6, 6.07) is 3.83. The molecule has 0 radical (unpaired) electrons. The molecule has 3 aromatic heterocycles. The van der Waals surface area contributed by atoms with E-state index < -0.39 is 10.0 Å². The Morgan fingerprint density at radius 2 is 1.96 bits per heavy atom. The van der Waals surface area contributed by atoms with E-state index in [1.807, 2.05) is 12.1 Å². The first-order valence-electron chi connectivity index (χ1n) is 9.10. The second-order valence-corrected chi connectivity index (χ2v) is 9.97. The largest absolute Gasteiger partial charge is 0.354 e. The van der Waals surface area contributed by atoms with Crippen molar-refractivity contribution < 1.29 is 8.42 Å². The van der Waals surface area contributed by atoms with Crippen LogP contribution in [0.3, 0.4) is 0 Å². The zero-order chi connectivity index (χ0) is 20.1. The molecule has 1 fully saturated rings. The van der Waals surface area contributed by atoms with Gasteiger partial charge in [0.15, 0.2) is 11.5 Å². The second kappa shape index (κ2) is 6.52. The van der Waals surface area contributed by atoms with Crippen LogP contribution in [0.1, 0.15) is 26.6 Å². The van der Waals surface area contributed by atoms with E-state index in [0.29, 0.717) is 6.54 Å². The molecule has 0 saturated carbocycles. The van der Waals surface area contributed by atoms with Crippen LogP contribution in [0.2, 0.25) is 0 Å². The van der Waals surface area contributed by atoms with Gasteiger partial charge in [0.05, 0.1) is 6.20 Å². The molecule has 11 heteroatoms. The molecule has 0 amide bonds. The van der Waals surface area contributed by atoms with Crippen LogP contribution < -0.4 is 9.62 Å². The van der Waals surface area contributed by atoms with Gasteiger partial charge in [0.25, 0.3) is 0 Å². The van der Waals surface area contributed by atoms with Gasteiger partial charge >= 0.3 is 0 Å². The summed E-state index contributed by atoms with van der Waals surface area (Å²) >= 11 is 0. The quantitative estimate of drug-likeness (QED) is 0.662. The van der Waals surface area contributed by atoms with E-state index in [-0.39, 0.29) is 16.2 Å². The summed E-state index contributed by atoms with van der Waals surface area (Å²) < 4.78 is 30.5. The Bertz CT molecular complexity index is 1110. The number of aromatic nitrogens is 6. The third kappa shape index (κ3) is 3.47. The number of nitrogens with one attached hydrogen (secondary N) is 1. The summed E-state index contributed by atoms with van der Waals surface area (Å²) in [5.74, 6) is 1.88. The van der Waals surface area contributed by atoms with Gasteiger partial charge in [-0.25, -0.2) is 13.1 Å². The molecule has 1 aliphatic rings. The first kappa shape index (κ1) is 18.8. The molecule has 10 nitrogen and oxygen atoms in total. The van der Waals surface area contributed by atoms with Crippen molar-refractivity contribution in [2.24, 2.45) is 13.0 Å². The lowest BCUT2D eigenvalue weighted by atomic mass is 9.96. The standard InChI is InChI=1S/C17H24N8O2S/c1-17(2,3)16-21-20-14-5-6-15(22-25(14)16)24-9-12(10-24)7-19-28(26,27)13-8-18-23(4)11-13/h5-6,8,11-12,19H,7,9-10H2,1-4H3. The van der Waals surface area contributed by atoms with E-state index in [4.69, 9.17) is 0 Å². The van der Waals surface area contributed by atoms with Crippen LogP contribution in [0.5, 0.6) is 0 Å². The molecule has 4 heterocycles. The van der Waals surface area contributed by atoms with Crippen LogP contribution >= 0.6 is 0 Å². The molecule has 0 atom stereocenters. The fraction of sp³-hybridized carbons (Fsp3) is 0.529.